The Labute approximate surface area is 73.6 Å². The standard InChI is InChI=1S/C9H8FNS/c1-5-8-6(11)3-2-4-7(8)12-9(5)10/h2-4H,11H2,1H3. The fraction of sp³-hybridized carbons (Fsp3) is 0.111. The highest BCUT2D eigenvalue weighted by atomic mass is 32.1. The number of aryl methyl sites for hydroxylation is 1. The van der Waals surface area contributed by atoms with E-state index in [0.29, 0.717) is 11.3 Å². The minimum Gasteiger partial charge on any atom is -0.398 e. The molecule has 0 aliphatic carbocycles. The Hall–Kier alpha value is -1.09. The first kappa shape index (κ1) is 7.55. The Morgan fingerprint density at radius 1 is 1.42 bits per heavy atom. The largest absolute Gasteiger partial charge is 0.398 e. The van der Waals surface area contributed by atoms with E-state index in [-0.39, 0.29) is 5.13 Å². The second kappa shape index (κ2) is 2.45. The second-order valence-electron chi connectivity index (χ2n) is 2.72. The summed E-state index contributed by atoms with van der Waals surface area (Å²) in [5, 5.41) is 0.725. The minimum absolute atomic E-state index is 0.136. The van der Waals surface area contributed by atoms with Crippen LogP contribution in [-0.2, 0) is 0 Å². The van der Waals surface area contributed by atoms with E-state index in [1.165, 1.54) is 0 Å². The maximum absolute atomic E-state index is 13.1. The van der Waals surface area contributed by atoms with Gasteiger partial charge in [0.25, 0.3) is 0 Å². The van der Waals surface area contributed by atoms with Crippen LogP contribution in [0.3, 0.4) is 0 Å². The number of nitrogen functional groups attached to an aromatic ring is 1. The maximum Gasteiger partial charge on any atom is 0.180 e. The highest BCUT2D eigenvalue weighted by Crippen LogP contribution is 2.32. The van der Waals surface area contributed by atoms with Crippen molar-refractivity contribution in [2.45, 2.75) is 6.92 Å². The first-order valence-electron chi connectivity index (χ1n) is 3.63. The first-order valence-corrected chi connectivity index (χ1v) is 4.45. The molecule has 0 unspecified atom stereocenters. The number of fused-ring (bicyclic) bond motifs is 1. The predicted molar refractivity (Wildman–Crippen MR) is 50.9 cm³/mol. The molecule has 0 saturated carbocycles. The van der Waals surface area contributed by atoms with Gasteiger partial charge in [-0.15, -0.1) is 11.3 Å². The molecule has 0 bridgehead atoms. The topological polar surface area (TPSA) is 26.0 Å². The van der Waals surface area contributed by atoms with Gasteiger partial charge in [0.2, 0.25) is 0 Å². The monoisotopic (exact) mass is 181 g/mol. The third kappa shape index (κ3) is 0.898. The molecule has 0 atom stereocenters. The smallest absolute Gasteiger partial charge is 0.180 e. The molecular weight excluding hydrogens is 173 g/mol. The molecule has 0 aliphatic heterocycles. The Kier molecular flexibility index (Phi) is 1.54. The Balaban J connectivity index is 2.97. The summed E-state index contributed by atoms with van der Waals surface area (Å²) in [4.78, 5) is 0. The number of nitrogens with two attached hydrogens (primary N) is 1. The van der Waals surface area contributed by atoms with E-state index in [4.69, 9.17) is 5.73 Å². The zero-order valence-electron chi connectivity index (χ0n) is 6.60. The molecule has 12 heavy (non-hydrogen) atoms. The summed E-state index contributed by atoms with van der Waals surface area (Å²) in [5.74, 6) is 0. The molecule has 0 aliphatic rings. The number of thiophene rings is 1. The number of benzene rings is 1. The number of hydrogen-bond donors (Lipinski definition) is 1. The van der Waals surface area contributed by atoms with Gasteiger partial charge in [0.1, 0.15) is 0 Å². The van der Waals surface area contributed by atoms with Gasteiger partial charge in [-0.1, -0.05) is 6.07 Å². The van der Waals surface area contributed by atoms with Crippen molar-refractivity contribution in [1.82, 2.24) is 0 Å². The van der Waals surface area contributed by atoms with E-state index in [0.717, 1.165) is 21.4 Å². The van der Waals surface area contributed by atoms with Gasteiger partial charge in [0.05, 0.1) is 0 Å². The molecule has 1 aromatic heterocycles. The third-order valence-corrected chi connectivity index (χ3v) is 2.97. The summed E-state index contributed by atoms with van der Waals surface area (Å²) in [6.07, 6.45) is 0. The number of hydrogen-bond acceptors (Lipinski definition) is 2. The lowest BCUT2D eigenvalue weighted by molar-refractivity contribution is 0.650. The third-order valence-electron chi connectivity index (χ3n) is 1.93. The molecular formula is C9H8FNS. The van der Waals surface area contributed by atoms with E-state index in [1.807, 2.05) is 12.1 Å². The summed E-state index contributed by atoms with van der Waals surface area (Å²) < 4.78 is 14.0. The molecule has 62 valence electrons. The quantitative estimate of drug-likeness (QED) is 0.621. The van der Waals surface area contributed by atoms with Crippen molar-refractivity contribution in [3.8, 4) is 0 Å². The van der Waals surface area contributed by atoms with Crippen LogP contribution >= 0.6 is 11.3 Å². The van der Waals surface area contributed by atoms with E-state index in [9.17, 15) is 4.39 Å². The molecule has 2 N–H and O–H groups in total. The molecule has 0 saturated heterocycles. The Morgan fingerprint density at radius 2 is 2.17 bits per heavy atom. The van der Waals surface area contributed by atoms with Crippen molar-refractivity contribution in [1.29, 1.82) is 0 Å². The van der Waals surface area contributed by atoms with Crippen LogP contribution in [0.4, 0.5) is 10.1 Å². The Bertz CT molecular complexity index is 433. The van der Waals surface area contributed by atoms with Gasteiger partial charge in [-0.2, -0.15) is 4.39 Å². The molecule has 0 fully saturated rings. The number of halogens is 1. The van der Waals surface area contributed by atoms with Gasteiger partial charge in [-0.05, 0) is 19.1 Å². The van der Waals surface area contributed by atoms with Gasteiger partial charge in [-0.3, -0.25) is 0 Å². The van der Waals surface area contributed by atoms with Crippen molar-refractivity contribution in [2.75, 3.05) is 5.73 Å². The molecule has 0 amide bonds. The van der Waals surface area contributed by atoms with E-state index < -0.39 is 0 Å². The van der Waals surface area contributed by atoms with Crippen LogP contribution in [-0.4, -0.2) is 0 Å². The lowest BCUT2D eigenvalue weighted by Gasteiger charge is -1.95. The first-order chi connectivity index (χ1) is 5.70. The average Bonchev–Trinajstić information content (AvgIpc) is 2.29. The summed E-state index contributed by atoms with van der Waals surface area (Å²) in [7, 11) is 0. The molecule has 0 spiro atoms. The van der Waals surface area contributed by atoms with Crippen LogP contribution in [0.25, 0.3) is 10.1 Å². The average molecular weight is 181 g/mol. The zero-order valence-corrected chi connectivity index (χ0v) is 7.41. The normalized spacial score (nSPS) is 10.8. The van der Waals surface area contributed by atoms with E-state index in [1.54, 1.807) is 13.0 Å². The number of anilines is 1. The van der Waals surface area contributed by atoms with Crippen molar-refractivity contribution < 1.29 is 4.39 Å². The van der Waals surface area contributed by atoms with Crippen LogP contribution in [0.2, 0.25) is 0 Å². The summed E-state index contributed by atoms with van der Waals surface area (Å²) >= 11 is 1.15. The van der Waals surface area contributed by atoms with Crippen LogP contribution in [0.5, 0.6) is 0 Å². The summed E-state index contributed by atoms with van der Waals surface area (Å²) in [5.41, 5.74) is 7.03. The predicted octanol–water partition coefficient (Wildman–Crippen LogP) is 2.93. The van der Waals surface area contributed by atoms with Crippen molar-refractivity contribution in [2.24, 2.45) is 0 Å². The fourth-order valence-electron chi connectivity index (χ4n) is 1.31. The zero-order chi connectivity index (χ0) is 8.72. The molecule has 1 aromatic carbocycles. The van der Waals surface area contributed by atoms with Crippen molar-refractivity contribution in [3.63, 3.8) is 0 Å². The van der Waals surface area contributed by atoms with Crippen LogP contribution in [0.15, 0.2) is 18.2 Å². The highest BCUT2D eigenvalue weighted by Gasteiger charge is 2.08. The van der Waals surface area contributed by atoms with Crippen molar-refractivity contribution in [3.05, 3.63) is 28.9 Å². The van der Waals surface area contributed by atoms with Crippen LogP contribution in [0, 0.1) is 12.1 Å². The summed E-state index contributed by atoms with van der Waals surface area (Å²) in [6.45, 7) is 1.75. The Morgan fingerprint density at radius 3 is 2.83 bits per heavy atom. The lowest BCUT2D eigenvalue weighted by atomic mass is 10.1. The molecule has 0 radical (unpaired) electrons. The molecule has 3 heteroatoms. The van der Waals surface area contributed by atoms with E-state index in [2.05, 4.69) is 0 Å². The molecule has 2 rings (SSSR count). The molecule has 1 nitrogen and oxygen atoms in total. The highest BCUT2D eigenvalue weighted by molar-refractivity contribution is 7.17. The summed E-state index contributed by atoms with van der Waals surface area (Å²) in [6, 6.07) is 5.51. The van der Waals surface area contributed by atoms with Gasteiger partial charge in [-0.25, -0.2) is 0 Å². The minimum atomic E-state index is -0.136. The van der Waals surface area contributed by atoms with Crippen molar-refractivity contribution >= 4 is 27.1 Å². The van der Waals surface area contributed by atoms with Gasteiger partial charge >= 0.3 is 0 Å². The van der Waals surface area contributed by atoms with E-state index >= 15 is 0 Å². The number of rotatable bonds is 0. The van der Waals surface area contributed by atoms with Crippen LogP contribution < -0.4 is 5.73 Å². The molecule has 2 aromatic rings. The van der Waals surface area contributed by atoms with Crippen LogP contribution in [0.1, 0.15) is 5.56 Å². The second-order valence-corrected chi connectivity index (χ2v) is 3.72. The van der Waals surface area contributed by atoms with Gasteiger partial charge in [0, 0.05) is 21.3 Å². The van der Waals surface area contributed by atoms with Gasteiger partial charge < -0.3 is 5.73 Å². The lowest BCUT2D eigenvalue weighted by Crippen LogP contribution is -1.85. The molecule has 1 heterocycles. The SMILES string of the molecule is Cc1c(F)sc2cccc(N)c12. The van der Waals surface area contributed by atoms with Gasteiger partial charge in [0.15, 0.2) is 5.13 Å². The maximum atomic E-state index is 13.1. The fourth-order valence-corrected chi connectivity index (χ4v) is 2.27.